The molecule has 8 heteroatoms. The van der Waals surface area contributed by atoms with E-state index in [9.17, 15) is 19.5 Å². The molecule has 0 aliphatic rings. The molecule has 0 saturated heterocycles. The molecule has 0 saturated carbocycles. The van der Waals surface area contributed by atoms with Crippen LogP contribution >= 0.6 is 0 Å². The number of hydrogen-bond acceptors (Lipinski definition) is 5. The molecule has 0 aliphatic carbocycles. The van der Waals surface area contributed by atoms with Crippen LogP contribution in [0.2, 0.25) is 0 Å². The highest BCUT2D eigenvalue weighted by atomic mass is 16.5. The van der Waals surface area contributed by atoms with E-state index >= 15 is 0 Å². The van der Waals surface area contributed by atoms with Crippen molar-refractivity contribution in [2.75, 3.05) is 0 Å². The summed E-state index contributed by atoms with van der Waals surface area (Å²) in [6.07, 6.45) is -0.797. The standard InChI is InChI=1S/C18H21N3O5/c1-12-10-13(2)21(17(24)19-12)9-8-15(16(22)23)20-18(25)26-11-14-6-4-3-5-7-14/h3-7,10,15H,8-9,11H2,1-2H3,(H,20,25)(H,22,23)/t15-/m0/s1. The summed E-state index contributed by atoms with van der Waals surface area (Å²) < 4.78 is 6.40. The third-order valence-corrected chi connectivity index (χ3v) is 3.79. The van der Waals surface area contributed by atoms with Gasteiger partial charge in [-0.15, -0.1) is 0 Å². The molecule has 2 aromatic rings. The van der Waals surface area contributed by atoms with Gasteiger partial charge in [0.05, 0.1) is 0 Å². The molecular formula is C18H21N3O5. The Morgan fingerprint density at radius 2 is 1.96 bits per heavy atom. The lowest BCUT2D eigenvalue weighted by molar-refractivity contribution is -0.139. The molecule has 138 valence electrons. The number of carbonyl (C=O) groups excluding carboxylic acids is 1. The fourth-order valence-corrected chi connectivity index (χ4v) is 2.47. The van der Waals surface area contributed by atoms with Gasteiger partial charge < -0.3 is 15.2 Å². The Morgan fingerprint density at radius 1 is 1.27 bits per heavy atom. The van der Waals surface area contributed by atoms with E-state index < -0.39 is 23.8 Å². The molecule has 8 nitrogen and oxygen atoms in total. The normalized spacial score (nSPS) is 11.6. The van der Waals surface area contributed by atoms with Gasteiger partial charge in [-0.1, -0.05) is 30.3 Å². The number of ether oxygens (including phenoxy) is 1. The van der Waals surface area contributed by atoms with Gasteiger partial charge in [0.2, 0.25) is 0 Å². The number of carboxylic acid groups (broad SMARTS) is 1. The average Bonchev–Trinajstić information content (AvgIpc) is 2.58. The van der Waals surface area contributed by atoms with E-state index in [1.165, 1.54) is 4.57 Å². The molecule has 1 aromatic heterocycles. The Labute approximate surface area is 150 Å². The number of amides is 1. The monoisotopic (exact) mass is 359 g/mol. The van der Waals surface area contributed by atoms with Gasteiger partial charge in [0.1, 0.15) is 12.6 Å². The molecule has 26 heavy (non-hydrogen) atoms. The van der Waals surface area contributed by atoms with Gasteiger partial charge in [0, 0.05) is 17.9 Å². The molecule has 2 N–H and O–H groups in total. The van der Waals surface area contributed by atoms with Crippen molar-refractivity contribution in [3.63, 3.8) is 0 Å². The second-order valence-electron chi connectivity index (χ2n) is 5.86. The fourth-order valence-electron chi connectivity index (χ4n) is 2.47. The molecule has 1 atom stereocenters. The minimum atomic E-state index is -1.20. The zero-order chi connectivity index (χ0) is 19.1. The van der Waals surface area contributed by atoms with Crippen molar-refractivity contribution in [1.29, 1.82) is 0 Å². The number of rotatable bonds is 7. The molecule has 0 unspecified atom stereocenters. The maximum atomic E-state index is 11.9. The molecule has 2 rings (SSSR count). The van der Waals surface area contributed by atoms with Crippen LogP contribution in [0.3, 0.4) is 0 Å². The van der Waals surface area contributed by atoms with E-state index in [4.69, 9.17) is 4.74 Å². The highest BCUT2D eigenvalue weighted by Gasteiger charge is 2.21. The van der Waals surface area contributed by atoms with Gasteiger partial charge in [-0.2, -0.15) is 4.98 Å². The van der Waals surface area contributed by atoms with Crippen LogP contribution in [0.1, 0.15) is 23.4 Å². The minimum Gasteiger partial charge on any atom is -0.480 e. The van der Waals surface area contributed by atoms with Crippen LogP contribution in [0, 0.1) is 13.8 Å². The molecule has 0 aliphatic heterocycles. The summed E-state index contributed by atoms with van der Waals surface area (Å²) in [7, 11) is 0. The fraction of sp³-hybridized carbons (Fsp3) is 0.333. The van der Waals surface area contributed by atoms with Gasteiger partial charge in [-0.05, 0) is 31.9 Å². The maximum absolute atomic E-state index is 11.9. The van der Waals surface area contributed by atoms with Crippen molar-refractivity contribution >= 4 is 12.1 Å². The summed E-state index contributed by atoms with van der Waals surface area (Å²) in [6.45, 7) is 3.61. The van der Waals surface area contributed by atoms with Crippen molar-refractivity contribution in [2.45, 2.75) is 39.5 Å². The molecular weight excluding hydrogens is 338 g/mol. The number of nitrogens with one attached hydrogen (secondary N) is 1. The van der Waals surface area contributed by atoms with Crippen LogP contribution in [0.15, 0.2) is 41.2 Å². The molecule has 1 amide bonds. The largest absolute Gasteiger partial charge is 0.480 e. The third kappa shape index (κ3) is 5.44. The van der Waals surface area contributed by atoms with Crippen LogP contribution in [0.5, 0.6) is 0 Å². The first kappa shape index (κ1) is 19.2. The van der Waals surface area contributed by atoms with E-state index in [-0.39, 0.29) is 19.6 Å². The van der Waals surface area contributed by atoms with Crippen LogP contribution in [0.4, 0.5) is 4.79 Å². The Bertz CT molecular complexity index is 832. The van der Waals surface area contributed by atoms with Gasteiger partial charge in [-0.3, -0.25) is 4.57 Å². The first-order chi connectivity index (χ1) is 12.4. The minimum absolute atomic E-state index is 0.0290. The SMILES string of the molecule is Cc1cc(C)n(CC[C@H](NC(=O)OCc2ccccc2)C(=O)O)c(=O)n1. The zero-order valence-corrected chi connectivity index (χ0v) is 14.6. The van der Waals surface area contributed by atoms with Gasteiger partial charge in [0.15, 0.2) is 0 Å². The van der Waals surface area contributed by atoms with E-state index in [0.717, 1.165) is 5.56 Å². The molecule has 0 bridgehead atoms. The van der Waals surface area contributed by atoms with E-state index in [2.05, 4.69) is 10.3 Å². The first-order valence-electron chi connectivity index (χ1n) is 8.12. The predicted molar refractivity (Wildman–Crippen MR) is 93.8 cm³/mol. The summed E-state index contributed by atoms with van der Waals surface area (Å²) in [5.41, 5.74) is 1.63. The van der Waals surface area contributed by atoms with E-state index in [1.807, 2.05) is 18.2 Å². The summed E-state index contributed by atoms with van der Waals surface area (Å²) >= 11 is 0. The van der Waals surface area contributed by atoms with Crippen molar-refractivity contribution in [2.24, 2.45) is 0 Å². The highest BCUT2D eigenvalue weighted by molar-refractivity contribution is 5.79. The molecule has 0 radical (unpaired) electrons. The molecule has 0 spiro atoms. The van der Waals surface area contributed by atoms with Crippen LogP contribution in [-0.4, -0.2) is 32.8 Å². The van der Waals surface area contributed by atoms with Crippen LogP contribution in [0.25, 0.3) is 0 Å². The Hall–Kier alpha value is -3.16. The quantitative estimate of drug-likeness (QED) is 0.777. The molecule has 1 aromatic carbocycles. The first-order valence-corrected chi connectivity index (χ1v) is 8.12. The smallest absolute Gasteiger partial charge is 0.408 e. The lowest BCUT2D eigenvalue weighted by Crippen LogP contribution is -2.42. The number of aryl methyl sites for hydroxylation is 2. The summed E-state index contributed by atoms with van der Waals surface area (Å²) in [5, 5.41) is 11.6. The number of carbonyl (C=O) groups is 2. The number of benzene rings is 1. The van der Waals surface area contributed by atoms with Gasteiger partial charge in [0.25, 0.3) is 0 Å². The second kappa shape index (κ2) is 8.80. The zero-order valence-electron chi connectivity index (χ0n) is 14.6. The third-order valence-electron chi connectivity index (χ3n) is 3.79. The maximum Gasteiger partial charge on any atom is 0.408 e. The van der Waals surface area contributed by atoms with Crippen LogP contribution < -0.4 is 11.0 Å². The number of carboxylic acids is 1. The van der Waals surface area contributed by atoms with Crippen molar-refractivity contribution < 1.29 is 19.4 Å². The average molecular weight is 359 g/mol. The lowest BCUT2D eigenvalue weighted by Gasteiger charge is -2.16. The van der Waals surface area contributed by atoms with Crippen molar-refractivity contribution in [3.05, 3.63) is 63.8 Å². The summed E-state index contributed by atoms with van der Waals surface area (Å²) in [4.78, 5) is 39.0. The lowest BCUT2D eigenvalue weighted by atomic mass is 10.2. The number of nitrogens with zero attached hydrogens (tertiary/aromatic N) is 2. The Balaban J connectivity index is 1.93. The van der Waals surface area contributed by atoms with Gasteiger partial charge >= 0.3 is 17.8 Å². The number of aliphatic carboxylic acids is 1. The molecule has 1 heterocycles. The predicted octanol–water partition coefficient (Wildman–Crippen LogP) is 1.63. The molecule has 0 fully saturated rings. The van der Waals surface area contributed by atoms with E-state index in [1.54, 1.807) is 32.0 Å². The van der Waals surface area contributed by atoms with Crippen molar-refractivity contribution in [1.82, 2.24) is 14.9 Å². The van der Waals surface area contributed by atoms with Crippen molar-refractivity contribution in [3.8, 4) is 0 Å². The summed E-state index contributed by atoms with van der Waals surface area (Å²) in [6, 6.07) is 9.61. The highest BCUT2D eigenvalue weighted by Crippen LogP contribution is 2.04. The Morgan fingerprint density at radius 3 is 2.58 bits per heavy atom. The van der Waals surface area contributed by atoms with E-state index in [0.29, 0.717) is 11.4 Å². The van der Waals surface area contributed by atoms with Crippen LogP contribution in [-0.2, 0) is 22.7 Å². The topological polar surface area (TPSA) is 111 Å². The number of aromatic nitrogens is 2. The number of alkyl carbamates (subject to hydrolysis) is 1. The summed E-state index contributed by atoms with van der Waals surface area (Å²) in [5.74, 6) is -1.20. The van der Waals surface area contributed by atoms with Gasteiger partial charge in [-0.25, -0.2) is 14.4 Å². The number of hydrogen-bond donors (Lipinski definition) is 2. The Kier molecular flexibility index (Phi) is 6.48. The second-order valence-corrected chi connectivity index (χ2v) is 5.86.